The maximum Gasteiger partial charge on any atom is 0.0736 e. The van der Waals surface area contributed by atoms with Crippen LogP contribution in [-0.2, 0) is 6.42 Å². The third kappa shape index (κ3) is 3.41. The maximum atomic E-state index is 4.86. The van der Waals surface area contributed by atoms with Gasteiger partial charge in [0, 0.05) is 29.4 Å². The van der Waals surface area contributed by atoms with Crippen LogP contribution in [0.1, 0.15) is 62.1 Å². The van der Waals surface area contributed by atoms with Crippen LogP contribution in [0, 0.1) is 23.7 Å². The molecule has 2 aliphatic rings. The fourth-order valence-corrected chi connectivity index (χ4v) is 6.22. The Morgan fingerprint density at radius 3 is 2.44 bits per heavy atom. The predicted molar refractivity (Wildman–Crippen MR) is 133 cm³/mol. The fraction of sp³-hybridized carbons (Fsp3) is 0.400. The molecule has 32 heavy (non-hydrogen) atoms. The van der Waals surface area contributed by atoms with Crippen molar-refractivity contribution in [2.75, 3.05) is 0 Å². The van der Waals surface area contributed by atoms with E-state index in [4.69, 9.17) is 4.98 Å². The maximum absolute atomic E-state index is 4.86. The summed E-state index contributed by atoms with van der Waals surface area (Å²) in [5.41, 5.74) is 5.66. The third-order valence-corrected chi connectivity index (χ3v) is 8.21. The van der Waals surface area contributed by atoms with E-state index in [0.717, 1.165) is 30.1 Å². The van der Waals surface area contributed by atoms with E-state index in [0.29, 0.717) is 11.8 Å². The average Bonchev–Trinajstić information content (AvgIpc) is 3.72. The highest BCUT2D eigenvalue weighted by Crippen LogP contribution is 2.55. The third-order valence-electron chi connectivity index (χ3n) is 8.21. The number of para-hydroxylation sites is 1. The molecule has 0 spiro atoms. The van der Waals surface area contributed by atoms with Crippen molar-refractivity contribution < 1.29 is 0 Å². The van der Waals surface area contributed by atoms with Gasteiger partial charge in [-0.15, -0.1) is 0 Å². The van der Waals surface area contributed by atoms with Crippen LogP contribution in [0.3, 0.4) is 0 Å². The van der Waals surface area contributed by atoms with E-state index in [2.05, 4.69) is 74.3 Å². The van der Waals surface area contributed by atoms with E-state index in [1.165, 1.54) is 51.2 Å². The van der Waals surface area contributed by atoms with Gasteiger partial charge in [-0.05, 0) is 89.0 Å². The van der Waals surface area contributed by atoms with Gasteiger partial charge >= 0.3 is 0 Å². The Labute approximate surface area is 191 Å². The summed E-state index contributed by atoms with van der Waals surface area (Å²) in [5.74, 6) is 4.38. The molecule has 0 radical (unpaired) electrons. The minimum Gasteiger partial charge on any atom is -0.264 e. The van der Waals surface area contributed by atoms with E-state index < -0.39 is 0 Å². The van der Waals surface area contributed by atoms with Crippen LogP contribution in [0.2, 0.25) is 0 Å². The second-order valence-corrected chi connectivity index (χ2v) is 10.6. The van der Waals surface area contributed by atoms with Gasteiger partial charge in [0.2, 0.25) is 0 Å². The Morgan fingerprint density at radius 1 is 0.812 bits per heavy atom. The summed E-state index contributed by atoms with van der Waals surface area (Å²) in [6.45, 7) is 7.16. The summed E-state index contributed by atoms with van der Waals surface area (Å²) in [6.07, 6.45) is 9.72. The van der Waals surface area contributed by atoms with Gasteiger partial charge in [0.25, 0.3) is 0 Å². The van der Waals surface area contributed by atoms with Gasteiger partial charge in [0.15, 0.2) is 0 Å². The molecule has 2 aromatic heterocycles. The summed E-state index contributed by atoms with van der Waals surface area (Å²) in [7, 11) is 0. The molecule has 0 aliphatic heterocycles. The van der Waals surface area contributed by atoms with Crippen molar-refractivity contribution in [1.82, 2.24) is 9.97 Å². The summed E-state index contributed by atoms with van der Waals surface area (Å²) in [5, 5.41) is 4.02. The van der Waals surface area contributed by atoms with Crippen LogP contribution in [0.5, 0.6) is 0 Å². The smallest absolute Gasteiger partial charge is 0.0736 e. The number of benzene rings is 2. The minimum atomic E-state index is 0.646. The van der Waals surface area contributed by atoms with Crippen LogP contribution < -0.4 is 0 Å². The zero-order valence-electron chi connectivity index (χ0n) is 19.3. The quantitative estimate of drug-likeness (QED) is 0.322. The van der Waals surface area contributed by atoms with E-state index in [1.54, 1.807) is 0 Å². The molecule has 162 valence electrons. The second kappa shape index (κ2) is 7.69. The van der Waals surface area contributed by atoms with Crippen LogP contribution in [0.15, 0.2) is 67.1 Å². The van der Waals surface area contributed by atoms with Crippen molar-refractivity contribution in [1.29, 1.82) is 0 Å². The molecule has 5 atom stereocenters. The largest absolute Gasteiger partial charge is 0.264 e. The van der Waals surface area contributed by atoms with Crippen molar-refractivity contribution in [3.05, 3.63) is 83.8 Å². The first-order chi connectivity index (χ1) is 15.6. The highest BCUT2D eigenvalue weighted by Gasteiger charge is 2.43. The van der Waals surface area contributed by atoms with E-state index in [1.807, 2.05) is 18.6 Å². The Hall–Kier alpha value is -2.74. The zero-order chi connectivity index (χ0) is 21.8. The number of rotatable bonds is 6. The molecule has 2 heteroatoms. The van der Waals surface area contributed by atoms with Gasteiger partial charge in [-0.1, -0.05) is 57.2 Å². The lowest BCUT2D eigenvalue weighted by Gasteiger charge is -2.15. The number of hydrogen-bond acceptors (Lipinski definition) is 2. The van der Waals surface area contributed by atoms with Crippen molar-refractivity contribution in [3.63, 3.8) is 0 Å². The van der Waals surface area contributed by atoms with Gasteiger partial charge in [0.05, 0.1) is 5.52 Å². The van der Waals surface area contributed by atoms with Gasteiger partial charge < -0.3 is 0 Å². The Bertz CT molecular complexity index is 1290. The van der Waals surface area contributed by atoms with E-state index >= 15 is 0 Å². The predicted octanol–water partition coefficient (Wildman–Crippen LogP) is 7.52. The van der Waals surface area contributed by atoms with Crippen LogP contribution in [0.25, 0.3) is 21.7 Å². The van der Waals surface area contributed by atoms with E-state index in [9.17, 15) is 0 Å². The second-order valence-electron chi connectivity index (χ2n) is 10.6. The van der Waals surface area contributed by atoms with Crippen molar-refractivity contribution in [2.24, 2.45) is 23.7 Å². The van der Waals surface area contributed by atoms with Crippen LogP contribution in [-0.4, -0.2) is 9.97 Å². The summed E-state index contributed by atoms with van der Waals surface area (Å²) < 4.78 is 0. The molecular formula is C30H32N2. The normalized spacial score (nSPS) is 25.4. The number of nitrogens with zero attached hydrogens (tertiary/aromatic N) is 2. The molecule has 2 heterocycles. The summed E-state index contributed by atoms with van der Waals surface area (Å²) in [6, 6.07) is 18.0. The number of pyridine rings is 2. The monoisotopic (exact) mass is 420 g/mol. The van der Waals surface area contributed by atoms with Crippen LogP contribution in [0.4, 0.5) is 0 Å². The molecule has 0 amide bonds. The lowest BCUT2D eigenvalue weighted by Crippen LogP contribution is -2.05. The van der Waals surface area contributed by atoms with Crippen molar-refractivity contribution in [3.8, 4) is 0 Å². The molecule has 1 unspecified atom stereocenters. The number of hydrogen-bond donors (Lipinski definition) is 0. The number of aromatic nitrogens is 2. The molecule has 2 aromatic carbocycles. The molecule has 0 saturated heterocycles. The zero-order valence-corrected chi connectivity index (χ0v) is 19.3. The Balaban J connectivity index is 1.25. The lowest BCUT2D eigenvalue weighted by molar-refractivity contribution is 0.497. The summed E-state index contributed by atoms with van der Waals surface area (Å²) >= 11 is 0. The van der Waals surface area contributed by atoms with Crippen molar-refractivity contribution >= 4 is 21.7 Å². The highest BCUT2D eigenvalue weighted by molar-refractivity contribution is 5.86. The molecule has 2 nitrogen and oxygen atoms in total. The molecule has 2 fully saturated rings. The molecule has 4 aromatic rings. The first-order valence-corrected chi connectivity index (χ1v) is 12.3. The molecular weight excluding hydrogens is 388 g/mol. The van der Waals surface area contributed by atoms with Crippen molar-refractivity contribution in [2.45, 2.75) is 51.9 Å². The minimum absolute atomic E-state index is 0.646. The fourth-order valence-electron chi connectivity index (χ4n) is 6.22. The van der Waals surface area contributed by atoms with Crippen LogP contribution >= 0.6 is 0 Å². The van der Waals surface area contributed by atoms with Gasteiger partial charge in [-0.2, -0.15) is 0 Å². The first kappa shape index (κ1) is 19.9. The van der Waals surface area contributed by atoms with E-state index in [-0.39, 0.29) is 0 Å². The molecule has 2 aliphatic carbocycles. The lowest BCUT2D eigenvalue weighted by atomic mass is 9.91. The van der Waals surface area contributed by atoms with Gasteiger partial charge in [-0.25, -0.2) is 0 Å². The SMILES string of the molecule is CC(C)[C@H]1C[C@@H]1c1ccnc2c(CC(C)[C@H]3C[C@@H]3c3cccc4ccncc34)cccc12. The van der Waals surface area contributed by atoms with Gasteiger partial charge in [-0.3, -0.25) is 9.97 Å². The molecule has 6 rings (SSSR count). The molecule has 0 N–H and O–H groups in total. The molecule has 2 saturated carbocycles. The Morgan fingerprint density at radius 2 is 1.59 bits per heavy atom. The standard InChI is InChI=1S/C30H32N2/c1-18(2)25-15-27(25)23-11-13-32-30-21(7-5-9-24(23)30)14-19(3)26-16-28(26)22-8-4-6-20-10-12-31-17-29(20)22/h4-13,17-19,25-28H,14-16H2,1-3H3/t19?,25-,26-,27-,28-/m1/s1. The highest BCUT2D eigenvalue weighted by atomic mass is 14.7. The topological polar surface area (TPSA) is 25.8 Å². The average molecular weight is 421 g/mol. The number of fused-ring (bicyclic) bond motifs is 2. The molecule has 0 bridgehead atoms. The first-order valence-electron chi connectivity index (χ1n) is 12.3. The Kier molecular flexibility index (Phi) is 4.78. The van der Waals surface area contributed by atoms with Gasteiger partial charge in [0.1, 0.15) is 0 Å². The summed E-state index contributed by atoms with van der Waals surface area (Å²) in [4.78, 5) is 9.26.